The van der Waals surface area contributed by atoms with Crippen LogP contribution in [0.5, 0.6) is 11.5 Å². The summed E-state index contributed by atoms with van der Waals surface area (Å²) in [6, 6.07) is 3.61. The molecule has 5 nitrogen and oxygen atoms in total. The number of rotatable bonds is 4. The van der Waals surface area contributed by atoms with Crippen molar-refractivity contribution in [2.24, 2.45) is 11.8 Å². The van der Waals surface area contributed by atoms with E-state index in [-0.39, 0.29) is 17.6 Å². The first-order valence-electron chi connectivity index (χ1n) is 6.43. The third kappa shape index (κ3) is 3.07. The molecule has 1 heterocycles. The Hall–Kier alpha value is -1.27. The highest BCUT2D eigenvalue weighted by atomic mass is 79.9. The standard InChI is InChI=1S/C14H18BrNO4/c1-8-5-16(7-10(8)14(18)19)6-9-3-11(15)13(17)12(4-9)20-2/h3-4,8,10,17H,5-7H2,1-2H3,(H,18,19). The van der Waals surface area contributed by atoms with E-state index in [9.17, 15) is 9.90 Å². The molecule has 20 heavy (non-hydrogen) atoms. The van der Waals surface area contributed by atoms with E-state index in [1.807, 2.05) is 13.0 Å². The smallest absolute Gasteiger partial charge is 0.308 e. The Kier molecular flexibility index (Phi) is 4.55. The Bertz CT molecular complexity index is 520. The van der Waals surface area contributed by atoms with E-state index in [1.165, 1.54) is 7.11 Å². The molecule has 1 fully saturated rings. The molecule has 110 valence electrons. The third-order valence-corrected chi connectivity index (χ3v) is 4.32. The third-order valence-electron chi connectivity index (χ3n) is 3.72. The van der Waals surface area contributed by atoms with E-state index < -0.39 is 5.97 Å². The van der Waals surface area contributed by atoms with Gasteiger partial charge in [0, 0.05) is 19.6 Å². The minimum absolute atomic E-state index is 0.0782. The molecule has 2 rings (SSSR count). The molecule has 0 aliphatic carbocycles. The van der Waals surface area contributed by atoms with E-state index in [0.717, 1.165) is 12.1 Å². The summed E-state index contributed by atoms with van der Waals surface area (Å²) in [6.07, 6.45) is 0. The van der Waals surface area contributed by atoms with Gasteiger partial charge < -0.3 is 14.9 Å². The van der Waals surface area contributed by atoms with Gasteiger partial charge in [-0.05, 0) is 39.5 Å². The van der Waals surface area contributed by atoms with Gasteiger partial charge in [0.2, 0.25) is 0 Å². The fourth-order valence-electron chi connectivity index (χ4n) is 2.65. The van der Waals surface area contributed by atoms with Crippen LogP contribution in [0.25, 0.3) is 0 Å². The lowest BCUT2D eigenvalue weighted by atomic mass is 9.99. The highest BCUT2D eigenvalue weighted by Crippen LogP contribution is 2.36. The average molecular weight is 344 g/mol. The number of halogens is 1. The Morgan fingerprint density at radius 3 is 2.75 bits per heavy atom. The first-order valence-corrected chi connectivity index (χ1v) is 7.22. The van der Waals surface area contributed by atoms with Crippen LogP contribution < -0.4 is 4.74 Å². The van der Waals surface area contributed by atoms with Gasteiger partial charge in [0.1, 0.15) is 0 Å². The zero-order valence-electron chi connectivity index (χ0n) is 11.5. The monoisotopic (exact) mass is 343 g/mol. The molecule has 2 atom stereocenters. The maximum atomic E-state index is 11.1. The summed E-state index contributed by atoms with van der Waals surface area (Å²) >= 11 is 3.29. The van der Waals surface area contributed by atoms with Crippen LogP contribution in [0.4, 0.5) is 0 Å². The number of methoxy groups -OCH3 is 1. The predicted molar refractivity (Wildman–Crippen MR) is 77.9 cm³/mol. The van der Waals surface area contributed by atoms with E-state index in [0.29, 0.717) is 23.3 Å². The van der Waals surface area contributed by atoms with Gasteiger partial charge in [-0.15, -0.1) is 0 Å². The molecule has 2 N–H and O–H groups in total. The van der Waals surface area contributed by atoms with Crippen molar-refractivity contribution in [1.82, 2.24) is 4.90 Å². The number of phenols is 1. The SMILES string of the molecule is COc1cc(CN2CC(C)C(C(=O)O)C2)cc(Br)c1O. The number of hydrogen-bond acceptors (Lipinski definition) is 4. The van der Waals surface area contributed by atoms with Crippen molar-refractivity contribution < 1.29 is 19.7 Å². The first kappa shape index (κ1) is 15.1. The van der Waals surface area contributed by atoms with Crippen LogP contribution in [-0.4, -0.2) is 41.3 Å². The van der Waals surface area contributed by atoms with Gasteiger partial charge in [0.25, 0.3) is 0 Å². The number of carboxylic acids is 1. The second-order valence-electron chi connectivity index (χ2n) is 5.24. The van der Waals surface area contributed by atoms with Gasteiger partial charge in [-0.1, -0.05) is 6.92 Å². The van der Waals surface area contributed by atoms with E-state index >= 15 is 0 Å². The molecule has 0 radical (unpaired) electrons. The number of aromatic hydroxyl groups is 1. The molecule has 6 heteroatoms. The number of benzene rings is 1. The summed E-state index contributed by atoms with van der Waals surface area (Å²) in [5, 5.41) is 18.9. The fourth-order valence-corrected chi connectivity index (χ4v) is 3.14. The molecule has 1 aliphatic rings. The fraction of sp³-hybridized carbons (Fsp3) is 0.500. The number of hydrogen-bond donors (Lipinski definition) is 2. The van der Waals surface area contributed by atoms with Crippen molar-refractivity contribution in [3.05, 3.63) is 22.2 Å². The van der Waals surface area contributed by atoms with Gasteiger partial charge >= 0.3 is 5.97 Å². The van der Waals surface area contributed by atoms with Gasteiger partial charge in [-0.3, -0.25) is 9.69 Å². The molecule has 0 saturated carbocycles. The summed E-state index contributed by atoms with van der Waals surface area (Å²) in [5.74, 6) is -0.400. The predicted octanol–water partition coefficient (Wildman–Crippen LogP) is 2.32. The summed E-state index contributed by atoms with van der Waals surface area (Å²) in [6.45, 7) is 3.92. The maximum absolute atomic E-state index is 11.1. The summed E-state index contributed by atoms with van der Waals surface area (Å²) in [4.78, 5) is 13.2. The Balaban J connectivity index is 2.12. The highest BCUT2D eigenvalue weighted by molar-refractivity contribution is 9.10. The first-order chi connectivity index (χ1) is 9.42. The number of carboxylic acid groups (broad SMARTS) is 1. The molecule has 0 amide bonds. The molecule has 0 bridgehead atoms. The number of phenolic OH excluding ortho intramolecular Hbond substituents is 1. The highest BCUT2D eigenvalue weighted by Gasteiger charge is 2.34. The Morgan fingerprint density at radius 2 is 2.20 bits per heavy atom. The van der Waals surface area contributed by atoms with Crippen molar-refractivity contribution in [3.8, 4) is 11.5 Å². The molecule has 0 aromatic heterocycles. The topological polar surface area (TPSA) is 70.0 Å². The number of aliphatic carboxylic acids is 1. The van der Waals surface area contributed by atoms with Crippen molar-refractivity contribution in [2.75, 3.05) is 20.2 Å². The zero-order chi connectivity index (χ0) is 14.9. The molecule has 1 saturated heterocycles. The average Bonchev–Trinajstić information content (AvgIpc) is 2.74. The summed E-state index contributed by atoms with van der Waals surface area (Å²) in [5.41, 5.74) is 0.977. The van der Waals surface area contributed by atoms with Crippen molar-refractivity contribution >= 4 is 21.9 Å². The zero-order valence-corrected chi connectivity index (χ0v) is 13.1. The normalized spacial score (nSPS) is 22.9. The molecular formula is C14H18BrNO4. The molecule has 1 aromatic carbocycles. The minimum Gasteiger partial charge on any atom is -0.503 e. The quantitative estimate of drug-likeness (QED) is 0.877. The van der Waals surface area contributed by atoms with Crippen LogP contribution in [-0.2, 0) is 11.3 Å². The second kappa shape index (κ2) is 6.01. The number of carbonyl (C=O) groups is 1. The molecule has 1 aromatic rings. The van der Waals surface area contributed by atoms with E-state index in [1.54, 1.807) is 6.07 Å². The van der Waals surface area contributed by atoms with Gasteiger partial charge in [0.05, 0.1) is 17.5 Å². The number of ether oxygens (including phenoxy) is 1. The van der Waals surface area contributed by atoms with Crippen molar-refractivity contribution in [3.63, 3.8) is 0 Å². The lowest BCUT2D eigenvalue weighted by Gasteiger charge is -2.16. The lowest BCUT2D eigenvalue weighted by Crippen LogP contribution is -2.23. The van der Waals surface area contributed by atoms with Gasteiger partial charge in [-0.25, -0.2) is 0 Å². The molecule has 1 aliphatic heterocycles. The molecule has 2 unspecified atom stereocenters. The van der Waals surface area contributed by atoms with Crippen LogP contribution in [0.3, 0.4) is 0 Å². The van der Waals surface area contributed by atoms with Crippen LogP contribution in [0.2, 0.25) is 0 Å². The van der Waals surface area contributed by atoms with Crippen molar-refractivity contribution in [1.29, 1.82) is 0 Å². The van der Waals surface area contributed by atoms with Crippen LogP contribution in [0.1, 0.15) is 12.5 Å². The largest absolute Gasteiger partial charge is 0.503 e. The van der Waals surface area contributed by atoms with Crippen LogP contribution in [0.15, 0.2) is 16.6 Å². The van der Waals surface area contributed by atoms with E-state index in [4.69, 9.17) is 9.84 Å². The second-order valence-corrected chi connectivity index (χ2v) is 6.10. The molecule has 0 spiro atoms. The summed E-state index contributed by atoms with van der Waals surface area (Å²) in [7, 11) is 1.50. The Labute approximate surface area is 126 Å². The number of likely N-dealkylation sites (tertiary alicyclic amines) is 1. The molecular weight excluding hydrogens is 326 g/mol. The Morgan fingerprint density at radius 1 is 1.50 bits per heavy atom. The van der Waals surface area contributed by atoms with Crippen LogP contribution in [0, 0.1) is 11.8 Å². The van der Waals surface area contributed by atoms with Crippen LogP contribution >= 0.6 is 15.9 Å². The maximum Gasteiger partial charge on any atom is 0.308 e. The lowest BCUT2D eigenvalue weighted by molar-refractivity contribution is -0.142. The van der Waals surface area contributed by atoms with E-state index in [2.05, 4.69) is 20.8 Å². The minimum atomic E-state index is -0.732. The van der Waals surface area contributed by atoms with Gasteiger partial charge in [0.15, 0.2) is 11.5 Å². The summed E-state index contributed by atoms with van der Waals surface area (Å²) < 4.78 is 5.70. The van der Waals surface area contributed by atoms with Crippen molar-refractivity contribution in [2.45, 2.75) is 13.5 Å². The number of nitrogens with zero attached hydrogens (tertiary/aromatic N) is 1. The van der Waals surface area contributed by atoms with Gasteiger partial charge in [-0.2, -0.15) is 0 Å².